The minimum absolute atomic E-state index is 0.238. The maximum absolute atomic E-state index is 12.8. The minimum Gasteiger partial charge on any atom is -0.493 e. The monoisotopic (exact) mass is 435 g/mol. The average Bonchev–Trinajstić information content (AvgIpc) is 3.06. The number of nitrogens with one attached hydrogen (secondary N) is 1. The first-order chi connectivity index (χ1) is 14.0. The van der Waals surface area contributed by atoms with E-state index >= 15 is 0 Å². The van der Waals surface area contributed by atoms with Crippen LogP contribution in [0.25, 0.3) is 0 Å². The van der Waals surface area contributed by atoms with Crippen molar-refractivity contribution in [2.24, 2.45) is 0 Å². The molecule has 0 aliphatic heterocycles. The lowest BCUT2D eigenvalue weighted by atomic mass is 10.1. The van der Waals surface area contributed by atoms with Crippen LogP contribution in [0.15, 0.2) is 42.6 Å². The highest BCUT2D eigenvalue weighted by atomic mass is 35.5. The van der Waals surface area contributed by atoms with Crippen LogP contribution in [-0.4, -0.2) is 37.0 Å². The lowest BCUT2D eigenvalue weighted by Crippen LogP contribution is -2.15. The van der Waals surface area contributed by atoms with Gasteiger partial charge in [0.1, 0.15) is 5.02 Å². The molecule has 1 amide bonds. The number of methoxy groups -OCH3 is 3. The number of carbonyl (C=O) groups excluding carboxylic acids is 1. The van der Waals surface area contributed by atoms with Gasteiger partial charge in [-0.25, -0.2) is 0 Å². The van der Waals surface area contributed by atoms with Crippen LogP contribution < -0.4 is 19.5 Å². The fourth-order valence-electron chi connectivity index (χ4n) is 2.79. The molecule has 7 nitrogen and oxygen atoms in total. The number of hydrogen-bond acceptors (Lipinski definition) is 5. The maximum Gasteiger partial charge on any atom is 0.260 e. The summed E-state index contributed by atoms with van der Waals surface area (Å²) in [7, 11) is 4.42. The van der Waals surface area contributed by atoms with E-state index in [0.29, 0.717) is 28.1 Å². The number of rotatable bonds is 7. The Kier molecular flexibility index (Phi) is 6.51. The standard InChI is InChI=1S/C20H19Cl2N3O4/c1-27-16-9-8-14(17(28-2)18(16)29-3)20(26)23-19-15(22)11-25(24-19)10-12-4-6-13(21)7-5-12/h4-9,11H,10H2,1-3H3,(H,23,24,26). The topological polar surface area (TPSA) is 74.6 Å². The Labute approximate surface area is 178 Å². The summed E-state index contributed by atoms with van der Waals surface area (Å²) in [5.41, 5.74) is 1.25. The second kappa shape index (κ2) is 9.07. The molecule has 1 aromatic heterocycles. The second-order valence-corrected chi connectivity index (χ2v) is 6.83. The summed E-state index contributed by atoms with van der Waals surface area (Å²) in [6.07, 6.45) is 1.64. The number of aromatic nitrogens is 2. The molecule has 0 saturated carbocycles. The predicted molar refractivity (Wildman–Crippen MR) is 112 cm³/mol. The van der Waals surface area contributed by atoms with Crippen molar-refractivity contribution in [2.45, 2.75) is 6.54 Å². The van der Waals surface area contributed by atoms with Crippen LogP contribution in [0, 0.1) is 0 Å². The quantitative estimate of drug-likeness (QED) is 0.590. The first kappa shape index (κ1) is 20.8. The number of amides is 1. The van der Waals surface area contributed by atoms with E-state index in [1.54, 1.807) is 35.1 Å². The van der Waals surface area contributed by atoms with Crippen molar-refractivity contribution < 1.29 is 19.0 Å². The molecule has 2 aromatic carbocycles. The van der Waals surface area contributed by atoms with Gasteiger partial charge in [-0.1, -0.05) is 35.3 Å². The van der Waals surface area contributed by atoms with Crippen LogP contribution in [0.1, 0.15) is 15.9 Å². The average molecular weight is 436 g/mol. The smallest absolute Gasteiger partial charge is 0.260 e. The normalized spacial score (nSPS) is 10.5. The summed E-state index contributed by atoms with van der Waals surface area (Å²) in [6, 6.07) is 10.6. The molecule has 1 heterocycles. The third-order valence-electron chi connectivity index (χ3n) is 4.16. The molecule has 29 heavy (non-hydrogen) atoms. The van der Waals surface area contributed by atoms with Crippen molar-refractivity contribution in [3.63, 3.8) is 0 Å². The number of carbonyl (C=O) groups is 1. The van der Waals surface area contributed by atoms with E-state index in [1.807, 2.05) is 12.1 Å². The molecule has 0 aliphatic rings. The SMILES string of the molecule is COc1ccc(C(=O)Nc2nn(Cc3ccc(Cl)cc3)cc2Cl)c(OC)c1OC. The fourth-order valence-corrected chi connectivity index (χ4v) is 3.12. The minimum atomic E-state index is -0.443. The van der Waals surface area contributed by atoms with Crippen molar-refractivity contribution in [1.82, 2.24) is 9.78 Å². The van der Waals surface area contributed by atoms with Crippen LogP contribution in [-0.2, 0) is 6.54 Å². The van der Waals surface area contributed by atoms with Gasteiger partial charge in [0.2, 0.25) is 5.75 Å². The van der Waals surface area contributed by atoms with E-state index in [-0.39, 0.29) is 17.1 Å². The molecule has 0 spiro atoms. The molecule has 0 atom stereocenters. The number of nitrogens with zero attached hydrogens (tertiary/aromatic N) is 2. The van der Waals surface area contributed by atoms with Gasteiger partial charge in [0.15, 0.2) is 17.3 Å². The molecule has 1 N–H and O–H groups in total. The van der Waals surface area contributed by atoms with Crippen LogP contribution in [0.2, 0.25) is 10.0 Å². The third-order valence-corrected chi connectivity index (χ3v) is 4.68. The Morgan fingerprint density at radius 3 is 2.31 bits per heavy atom. The summed E-state index contributed by atoms with van der Waals surface area (Å²) in [5, 5.41) is 8.02. The Bertz CT molecular complexity index is 1020. The first-order valence-corrected chi connectivity index (χ1v) is 9.30. The van der Waals surface area contributed by atoms with E-state index in [0.717, 1.165) is 5.56 Å². The number of hydrogen-bond donors (Lipinski definition) is 1. The largest absolute Gasteiger partial charge is 0.493 e. The summed E-state index contributed by atoms with van der Waals surface area (Å²) in [4.78, 5) is 12.8. The molecular formula is C20H19Cl2N3O4. The number of halogens is 2. The lowest BCUT2D eigenvalue weighted by molar-refractivity contribution is 0.102. The van der Waals surface area contributed by atoms with E-state index in [9.17, 15) is 4.79 Å². The molecule has 9 heteroatoms. The highest BCUT2D eigenvalue weighted by Crippen LogP contribution is 2.40. The molecule has 0 fully saturated rings. The van der Waals surface area contributed by atoms with Crippen molar-refractivity contribution in [3.8, 4) is 17.2 Å². The molecule has 152 valence electrons. The van der Waals surface area contributed by atoms with E-state index in [1.165, 1.54) is 21.3 Å². The van der Waals surface area contributed by atoms with Crippen molar-refractivity contribution in [2.75, 3.05) is 26.6 Å². The Morgan fingerprint density at radius 1 is 1.00 bits per heavy atom. The van der Waals surface area contributed by atoms with Crippen LogP contribution in [0.4, 0.5) is 5.82 Å². The zero-order chi connectivity index (χ0) is 21.0. The molecule has 3 rings (SSSR count). The Balaban J connectivity index is 1.82. The molecule has 0 aliphatic carbocycles. The highest BCUT2D eigenvalue weighted by Gasteiger charge is 2.22. The molecule has 0 radical (unpaired) electrons. The van der Waals surface area contributed by atoms with Gasteiger partial charge >= 0.3 is 0 Å². The van der Waals surface area contributed by atoms with Gasteiger partial charge in [-0.3, -0.25) is 9.48 Å². The summed E-state index contributed by atoms with van der Waals surface area (Å²) in [5.74, 6) is 0.818. The van der Waals surface area contributed by atoms with E-state index in [4.69, 9.17) is 37.4 Å². The van der Waals surface area contributed by atoms with Gasteiger partial charge in [0.25, 0.3) is 5.91 Å². The molecular weight excluding hydrogens is 417 g/mol. The Hall–Kier alpha value is -2.90. The van der Waals surface area contributed by atoms with Gasteiger partial charge in [-0.05, 0) is 29.8 Å². The van der Waals surface area contributed by atoms with Crippen molar-refractivity contribution in [3.05, 3.63) is 63.8 Å². The predicted octanol–water partition coefficient (Wildman–Crippen LogP) is 4.52. The van der Waals surface area contributed by atoms with Gasteiger partial charge < -0.3 is 19.5 Å². The van der Waals surface area contributed by atoms with Gasteiger partial charge in [-0.2, -0.15) is 5.10 Å². The van der Waals surface area contributed by atoms with Gasteiger partial charge in [0, 0.05) is 11.2 Å². The second-order valence-electron chi connectivity index (χ2n) is 5.99. The number of ether oxygens (including phenoxy) is 3. The summed E-state index contributed by atoms with van der Waals surface area (Å²) < 4.78 is 17.5. The zero-order valence-electron chi connectivity index (χ0n) is 16.0. The van der Waals surface area contributed by atoms with Crippen LogP contribution in [0.5, 0.6) is 17.2 Å². The third kappa shape index (κ3) is 4.58. The van der Waals surface area contributed by atoms with E-state index in [2.05, 4.69) is 10.4 Å². The number of anilines is 1. The highest BCUT2D eigenvalue weighted by molar-refractivity contribution is 6.33. The molecule has 3 aromatic rings. The fraction of sp³-hybridized carbons (Fsp3) is 0.200. The van der Waals surface area contributed by atoms with E-state index < -0.39 is 5.91 Å². The number of benzene rings is 2. The molecule has 0 saturated heterocycles. The van der Waals surface area contributed by atoms with Crippen molar-refractivity contribution in [1.29, 1.82) is 0 Å². The van der Waals surface area contributed by atoms with Crippen LogP contribution in [0.3, 0.4) is 0 Å². The molecule has 0 bridgehead atoms. The maximum atomic E-state index is 12.8. The first-order valence-electron chi connectivity index (χ1n) is 8.54. The zero-order valence-corrected chi connectivity index (χ0v) is 17.5. The van der Waals surface area contributed by atoms with Crippen molar-refractivity contribution >= 4 is 34.9 Å². The summed E-state index contributed by atoms with van der Waals surface area (Å²) in [6.45, 7) is 0.479. The Morgan fingerprint density at radius 2 is 1.69 bits per heavy atom. The lowest BCUT2D eigenvalue weighted by Gasteiger charge is -2.15. The van der Waals surface area contributed by atoms with Gasteiger partial charge in [-0.15, -0.1) is 0 Å². The van der Waals surface area contributed by atoms with Crippen LogP contribution >= 0.6 is 23.2 Å². The van der Waals surface area contributed by atoms with Gasteiger partial charge in [0.05, 0.1) is 33.4 Å². The molecule has 0 unspecified atom stereocenters. The summed E-state index contributed by atoms with van der Waals surface area (Å²) >= 11 is 12.2.